The summed E-state index contributed by atoms with van der Waals surface area (Å²) < 4.78 is 7.87. The van der Waals surface area contributed by atoms with Crippen LogP contribution in [0.5, 0.6) is 6.01 Å². The maximum absolute atomic E-state index is 6.10. The Morgan fingerprint density at radius 2 is 1.73 bits per heavy atom. The van der Waals surface area contributed by atoms with Crippen molar-refractivity contribution >= 4 is 17.0 Å². The van der Waals surface area contributed by atoms with Crippen molar-refractivity contribution in [3.63, 3.8) is 0 Å². The number of hydrogen-bond acceptors (Lipinski definition) is 6. The van der Waals surface area contributed by atoms with Crippen molar-refractivity contribution in [2.24, 2.45) is 0 Å². The molecule has 3 aromatic rings. The Hall–Kier alpha value is -2.67. The standard InChI is InChI=1S/C23H32N6O/c24-21-20-22(27-23(26-21)30-17-9-12-19-10-3-1-4-11-19)29(18-25-20)16-8-7-15-28-13-5-2-6-14-28/h1,3-4,10-11,18H,2,5-9,12-17H2,(H2,24,26,27). The van der Waals surface area contributed by atoms with Crippen molar-refractivity contribution in [2.75, 3.05) is 32.0 Å². The van der Waals surface area contributed by atoms with E-state index in [0.717, 1.165) is 31.5 Å². The van der Waals surface area contributed by atoms with Gasteiger partial charge in [0, 0.05) is 6.54 Å². The van der Waals surface area contributed by atoms with E-state index in [-0.39, 0.29) is 0 Å². The lowest BCUT2D eigenvalue weighted by molar-refractivity contribution is 0.223. The number of likely N-dealkylation sites (tertiary alicyclic amines) is 1. The maximum Gasteiger partial charge on any atom is 0.320 e. The number of nitrogens with two attached hydrogens (primary N) is 1. The van der Waals surface area contributed by atoms with Crippen molar-refractivity contribution in [1.29, 1.82) is 0 Å². The Morgan fingerprint density at radius 3 is 2.57 bits per heavy atom. The summed E-state index contributed by atoms with van der Waals surface area (Å²) in [6, 6.07) is 10.7. The van der Waals surface area contributed by atoms with Gasteiger partial charge in [0.25, 0.3) is 0 Å². The summed E-state index contributed by atoms with van der Waals surface area (Å²) in [6.45, 7) is 5.13. The van der Waals surface area contributed by atoms with Gasteiger partial charge in [-0.1, -0.05) is 36.8 Å². The summed E-state index contributed by atoms with van der Waals surface area (Å²) in [6.07, 6.45) is 10.0. The molecule has 1 aliphatic rings. The van der Waals surface area contributed by atoms with E-state index < -0.39 is 0 Å². The van der Waals surface area contributed by atoms with E-state index in [4.69, 9.17) is 10.5 Å². The second kappa shape index (κ2) is 10.4. The number of aromatic nitrogens is 4. The van der Waals surface area contributed by atoms with Gasteiger partial charge in [0.1, 0.15) is 5.52 Å². The molecule has 0 radical (unpaired) electrons. The lowest BCUT2D eigenvalue weighted by Gasteiger charge is -2.26. The molecule has 3 heterocycles. The van der Waals surface area contributed by atoms with Crippen LogP contribution in [0, 0.1) is 0 Å². The van der Waals surface area contributed by atoms with E-state index >= 15 is 0 Å². The summed E-state index contributed by atoms with van der Waals surface area (Å²) in [5.41, 5.74) is 8.83. The van der Waals surface area contributed by atoms with Gasteiger partial charge in [-0.2, -0.15) is 9.97 Å². The molecule has 0 amide bonds. The number of benzene rings is 1. The van der Waals surface area contributed by atoms with Crippen molar-refractivity contribution < 1.29 is 4.74 Å². The topological polar surface area (TPSA) is 82.1 Å². The Bertz CT molecular complexity index is 920. The summed E-state index contributed by atoms with van der Waals surface area (Å²) in [4.78, 5) is 15.9. The highest BCUT2D eigenvalue weighted by molar-refractivity contribution is 5.81. The van der Waals surface area contributed by atoms with Crippen LogP contribution in [0.3, 0.4) is 0 Å². The number of ether oxygens (including phenoxy) is 1. The SMILES string of the molecule is Nc1nc(OCCCc2ccccc2)nc2c1ncn2CCCCN1CCCCC1. The molecule has 4 rings (SSSR count). The third kappa shape index (κ3) is 5.48. The molecule has 1 aromatic carbocycles. The molecule has 0 aliphatic carbocycles. The molecule has 0 atom stereocenters. The quantitative estimate of drug-likeness (QED) is 0.515. The normalized spacial score (nSPS) is 14.9. The molecule has 30 heavy (non-hydrogen) atoms. The van der Waals surface area contributed by atoms with Gasteiger partial charge in [0.2, 0.25) is 0 Å². The Balaban J connectivity index is 1.29. The van der Waals surface area contributed by atoms with Crippen LogP contribution < -0.4 is 10.5 Å². The molecular weight excluding hydrogens is 376 g/mol. The van der Waals surface area contributed by atoms with Crippen LogP contribution in [0.4, 0.5) is 5.82 Å². The number of imidazole rings is 1. The number of piperidine rings is 1. The Labute approximate surface area is 178 Å². The first-order valence-electron chi connectivity index (χ1n) is 11.2. The largest absolute Gasteiger partial charge is 0.463 e. The van der Waals surface area contributed by atoms with Gasteiger partial charge in [0.15, 0.2) is 11.5 Å². The number of hydrogen-bond donors (Lipinski definition) is 1. The third-order valence-electron chi connectivity index (χ3n) is 5.73. The van der Waals surface area contributed by atoms with Crippen LogP contribution in [-0.4, -0.2) is 50.7 Å². The lowest BCUT2D eigenvalue weighted by atomic mass is 10.1. The molecule has 0 saturated carbocycles. The predicted molar refractivity (Wildman–Crippen MR) is 120 cm³/mol. The molecule has 7 heteroatoms. The van der Waals surface area contributed by atoms with Gasteiger partial charge >= 0.3 is 6.01 Å². The van der Waals surface area contributed by atoms with Crippen LogP contribution >= 0.6 is 0 Å². The number of nitrogen functional groups attached to an aromatic ring is 1. The zero-order chi connectivity index (χ0) is 20.6. The summed E-state index contributed by atoms with van der Waals surface area (Å²) in [7, 11) is 0. The molecule has 1 aliphatic heterocycles. The van der Waals surface area contributed by atoms with Gasteiger partial charge in [0.05, 0.1) is 12.9 Å². The van der Waals surface area contributed by atoms with Crippen molar-refractivity contribution in [1.82, 2.24) is 24.4 Å². The zero-order valence-corrected chi connectivity index (χ0v) is 17.7. The monoisotopic (exact) mass is 408 g/mol. The fraction of sp³-hybridized carbons (Fsp3) is 0.522. The number of fused-ring (bicyclic) bond motifs is 1. The van der Waals surface area contributed by atoms with E-state index in [9.17, 15) is 0 Å². The van der Waals surface area contributed by atoms with Crippen molar-refractivity contribution in [3.8, 4) is 6.01 Å². The second-order valence-corrected chi connectivity index (χ2v) is 8.05. The Morgan fingerprint density at radius 1 is 0.933 bits per heavy atom. The zero-order valence-electron chi connectivity index (χ0n) is 17.7. The number of unbranched alkanes of at least 4 members (excludes halogenated alkanes) is 1. The molecule has 0 unspecified atom stereocenters. The highest BCUT2D eigenvalue weighted by Crippen LogP contribution is 2.20. The average molecular weight is 409 g/mol. The van der Waals surface area contributed by atoms with Crippen LogP contribution in [0.15, 0.2) is 36.7 Å². The van der Waals surface area contributed by atoms with Crippen LogP contribution in [0.1, 0.15) is 44.1 Å². The summed E-state index contributed by atoms with van der Waals surface area (Å²) in [5, 5.41) is 0. The minimum Gasteiger partial charge on any atom is -0.463 e. The molecule has 2 N–H and O–H groups in total. The minimum absolute atomic E-state index is 0.336. The summed E-state index contributed by atoms with van der Waals surface area (Å²) >= 11 is 0. The number of anilines is 1. The molecule has 0 spiro atoms. The first-order valence-corrected chi connectivity index (χ1v) is 11.2. The molecule has 0 bridgehead atoms. The smallest absolute Gasteiger partial charge is 0.320 e. The molecule has 7 nitrogen and oxygen atoms in total. The van der Waals surface area contributed by atoms with Crippen molar-refractivity contribution in [3.05, 3.63) is 42.2 Å². The van der Waals surface area contributed by atoms with Gasteiger partial charge < -0.3 is 19.9 Å². The fourth-order valence-corrected chi connectivity index (χ4v) is 4.06. The van der Waals surface area contributed by atoms with Gasteiger partial charge in [-0.3, -0.25) is 0 Å². The summed E-state index contributed by atoms with van der Waals surface area (Å²) in [5.74, 6) is 0.380. The van der Waals surface area contributed by atoms with E-state index in [0.29, 0.717) is 24.0 Å². The van der Waals surface area contributed by atoms with Crippen LogP contribution in [-0.2, 0) is 13.0 Å². The third-order valence-corrected chi connectivity index (χ3v) is 5.73. The number of nitrogens with zero attached hydrogens (tertiary/aromatic N) is 5. The molecule has 160 valence electrons. The molecule has 2 aromatic heterocycles. The van der Waals surface area contributed by atoms with E-state index in [1.807, 2.05) is 12.4 Å². The molecular formula is C23H32N6O. The van der Waals surface area contributed by atoms with E-state index in [2.05, 4.69) is 48.7 Å². The maximum atomic E-state index is 6.10. The second-order valence-electron chi connectivity index (χ2n) is 8.05. The highest BCUT2D eigenvalue weighted by atomic mass is 16.5. The lowest BCUT2D eigenvalue weighted by Crippen LogP contribution is -2.30. The fourth-order valence-electron chi connectivity index (χ4n) is 4.06. The predicted octanol–water partition coefficient (Wildman–Crippen LogP) is 3.69. The van der Waals surface area contributed by atoms with Gasteiger partial charge in [-0.05, 0) is 63.7 Å². The number of aryl methyl sites for hydroxylation is 2. The number of rotatable bonds is 10. The van der Waals surface area contributed by atoms with E-state index in [1.165, 1.54) is 50.9 Å². The minimum atomic E-state index is 0.336. The Kier molecular flexibility index (Phi) is 7.13. The molecule has 1 saturated heterocycles. The van der Waals surface area contributed by atoms with E-state index in [1.54, 1.807) is 0 Å². The van der Waals surface area contributed by atoms with Crippen molar-refractivity contribution in [2.45, 2.75) is 51.5 Å². The molecule has 1 fully saturated rings. The van der Waals surface area contributed by atoms with Crippen LogP contribution in [0.2, 0.25) is 0 Å². The van der Waals surface area contributed by atoms with Gasteiger partial charge in [-0.15, -0.1) is 0 Å². The van der Waals surface area contributed by atoms with Gasteiger partial charge in [-0.25, -0.2) is 4.98 Å². The average Bonchev–Trinajstić information content (AvgIpc) is 3.19. The first-order chi connectivity index (χ1) is 14.8. The first kappa shape index (κ1) is 20.6. The highest BCUT2D eigenvalue weighted by Gasteiger charge is 2.13. The van der Waals surface area contributed by atoms with Crippen LogP contribution in [0.25, 0.3) is 11.2 Å².